The van der Waals surface area contributed by atoms with E-state index in [4.69, 9.17) is 9.84 Å². The first-order valence-corrected chi connectivity index (χ1v) is 7.93. The number of rotatable bonds is 9. The minimum Gasteiger partial charge on any atom is -0.480 e. The van der Waals surface area contributed by atoms with Crippen molar-refractivity contribution in [1.29, 1.82) is 0 Å². The molecule has 1 rings (SSSR count). The highest BCUT2D eigenvalue weighted by molar-refractivity contribution is 5.84. The number of aliphatic carboxylic acids is 1. The zero-order chi connectivity index (χ0) is 20.2. The van der Waals surface area contributed by atoms with Crippen LogP contribution in [0, 0.1) is 0 Å². The number of carboxylic acid groups (broad SMARTS) is 1. The van der Waals surface area contributed by atoms with Gasteiger partial charge >= 0.3 is 18.2 Å². The lowest BCUT2D eigenvalue weighted by Gasteiger charge is -2.17. The number of hydrogen-bond donors (Lipinski definition) is 2. The van der Waals surface area contributed by atoms with Crippen LogP contribution in [-0.4, -0.2) is 84.5 Å². The number of ether oxygens (including phenoxy) is 2. The fourth-order valence-electron chi connectivity index (χ4n) is 1.79. The predicted molar refractivity (Wildman–Crippen MR) is 91.7 cm³/mol. The number of amides is 3. The van der Waals surface area contributed by atoms with Crippen molar-refractivity contribution in [2.24, 2.45) is 0 Å². The van der Waals surface area contributed by atoms with Gasteiger partial charge in [0, 0.05) is 39.0 Å². The van der Waals surface area contributed by atoms with Crippen LogP contribution in [0.25, 0.3) is 0 Å². The van der Waals surface area contributed by atoms with Crippen LogP contribution < -0.4 is 5.32 Å². The van der Waals surface area contributed by atoms with E-state index < -0.39 is 43.9 Å². The molecule has 148 valence electrons. The molecule has 1 aromatic rings. The first-order chi connectivity index (χ1) is 12.8. The zero-order valence-corrected chi connectivity index (χ0v) is 15.1. The quantitative estimate of drug-likeness (QED) is 0.566. The van der Waals surface area contributed by atoms with Gasteiger partial charge in [0.1, 0.15) is 13.1 Å². The summed E-state index contributed by atoms with van der Waals surface area (Å²) in [5, 5.41) is 10.7. The largest absolute Gasteiger partial charge is 0.480 e. The van der Waals surface area contributed by atoms with Crippen molar-refractivity contribution in [1.82, 2.24) is 20.1 Å². The van der Waals surface area contributed by atoms with E-state index in [0.717, 1.165) is 10.6 Å². The smallest absolute Gasteiger partial charge is 0.412 e. The van der Waals surface area contributed by atoms with Crippen molar-refractivity contribution < 1.29 is 33.8 Å². The van der Waals surface area contributed by atoms with E-state index in [0.29, 0.717) is 13.0 Å². The number of likely N-dealkylation sites (N-methyl/N-ethyl adjacent to an activating group) is 2. The van der Waals surface area contributed by atoms with E-state index in [1.165, 1.54) is 19.0 Å². The number of hydrogen-bond acceptors (Lipinski definition) is 7. The minimum atomic E-state index is -1.17. The summed E-state index contributed by atoms with van der Waals surface area (Å²) in [7, 11) is 2.81. The second-order valence-electron chi connectivity index (χ2n) is 5.45. The normalized spacial score (nSPS) is 9.85. The van der Waals surface area contributed by atoms with Crippen LogP contribution in [0.3, 0.4) is 0 Å². The molecule has 0 unspecified atom stereocenters. The Morgan fingerprint density at radius 2 is 1.89 bits per heavy atom. The number of carbonyl (C=O) groups excluding carboxylic acids is 3. The molecule has 1 heterocycles. The molecule has 0 bridgehead atoms. The van der Waals surface area contributed by atoms with E-state index in [9.17, 15) is 19.2 Å². The molecule has 27 heavy (non-hydrogen) atoms. The average molecular weight is 382 g/mol. The maximum Gasteiger partial charge on any atom is 0.412 e. The third kappa shape index (κ3) is 9.05. The number of carboxylic acids is 1. The Morgan fingerprint density at radius 3 is 2.52 bits per heavy atom. The van der Waals surface area contributed by atoms with Crippen molar-refractivity contribution in [3.05, 3.63) is 30.1 Å². The first kappa shape index (κ1) is 21.7. The van der Waals surface area contributed by atoms with E-state index in [-0.39, 0.29) is 0 Å². The molecule has 1 aromatic heterocycles. The monoisotopic (exact) mass is 382 g/mol. The Balaban J connectivity index is 2.19. The van der Waals surface area contributed by atoms with Crippen molar-refractivity contribution in [2.75, 3.05) is 40.5 Å². The minimum absolute atomic E-state index is 0.368. The average Bonchev–Trinajstić information content (AvgIpc) is 2.64. The van der Waals surface area contributed by atoms with Crippen LogP contribution in [0.4, 0.5) is 9.59 Å². The molecule has 0 aliphatic rings. The number of nitrogens with one attached hydrogen (secondary N) is 1. The summed E-state index contributed by atoms with van der Waals surface area (Å²) >= 11 is 0. The summed E-state index contributed by atoms with van der Waals surface area (Å²) in [6.45, 7) is -1.19. The third-order valence-corrected chi connectivity index (χ3v) is 3.30. The molecule has 3 amide bonds. The van der Waals surface area contributed by atoms with Gasteiger partial charge in [-0.2, -0.15) is 0 Å². The topological polar surface area (TPSA) is 138 Å². The SMILES string of the molecule is CN(CC(=O)O)C(=O)CNC(=O)OCOC(=O)N(C)CCc1ccccn1. The van der Waals surface area contributed by atoms with Crippen molar-refractivity contribution in [3.8, 4) is 0 Å². The van der Waals surface area contributed by atoms with Crippen LogP contribution in [0.5, 0.6) is 0 Å². The van der Waals surface area contributed by atoms with Crippen molar-refractivity contribution in [2.45, 2.75) is 6.42 Å². The number of nitrogens with zero attached hydrogens (tertiary/aromatic N) is 3. The second-order valence-corrected chi connectivity index (χ2v) is 5.45. The number of pyridine rings is 1. The zero-order valence-electron chi connectivity index (χ0n) is 15.1. The Kier molecular flexibility index (Phi) is 9.06. The number of alkyl carbamates (subject to hydrolysis) is 1. The molecule has 0 aliphatic heterocycles. The highest BCUT2D eigenvalue weighted by Crippen LogP contribution is 1.98. The van der Waals surface area contributed by atoms with Gasteiger partial charge < -0.3 is 29.7 Å². The molecule has 0 radical (unpaired) electrons. The van der Waals surface area contributed by atoms with Gasteiger partial charge in [-0.3, -0.25) is 14.6 Å². The van der Waals surface area contributed by atoms with Gasteiger partial charge in [0.05, 0.1) is 0 Å². The van der Waals surface area contributed by atoms with Crippen LogP contribution in [0.15, 0.2) is 24.4 Å². The molecule has 0 fully saturated rings. The van der Waals surface area contributed by atoms with Gasteiger partial charge in [-0.25, -0.2) is 9.59 Å². The van der Waals surface area contributed by atoms with E-state index in [1.54, 1.807) is 12.3 Å². The van der Waals surface area contributed by atoms with E-state index >= 15 is 0 Å². The van der Waals surface area contributed by atoms with Crippen LogP contribution >= 0.6 is 0 Å². The van der Waals surface area contributed by atoms with Crippen LogP contribution in [0.2, 0.25) is 0 Å². The lowest BCUT2D eigenvalue weighted by molar-refractivity contribution is -0.143. The third-order valence-electron chi connectivity index (χ3n) is 3.30. The summed E-state index contributed by atoms with van der Waals surface area (Å²) in [5.74, 6) is -1.78. The highest BCUT2D eigenvalue weighted by Gasteiger charge is 2.14. The molecule has 11 nitrogen and oxygen atoms in total. The molecule has 0 spiro atoms. The highest BCUT2D eigenvalue weighted by atomic mass is 16.7. The molecule has 0 saturated heterocycles. The molecular formula is C16H22N4O7. The molecule has 0 aliphatic carbocycles. The summed E-state index contributed by atoms with van der Waals surface area (Å²) < 4.78 is 9.40. The van der Waals surface area contributed by atoms with Crippen LogP contribution in [0.1, 0.15) is 5.69 Å². The lowest BCUT2D eigenvalue weighted by atomic mass is 10.2. The summed E-state index contributed by atoms with van der Waals surface area (Å²) in [5.41, 5.74) is 0.824. The van der Waals surface area contributed by atoms with Gasteiger partial charge in [0.25, 0.3) is 0 Å². The van der Waals surface area contributed by atoms with E-state index in [2.05, 4.69) is 15.0 Å². The fraction of sp³-hybridized carbons (Fsp3) is 0.438. The molecule has 2 N–H and O–H groups in total. The predicted octanol–water partition coefficient (Wildman–Crippen LogP) is -0.0808. The molecule has 0 saturated carbocycles. The Labute approximate surface area is 155 Å². The van der Waals surface area contributed by atoms with Gasteiger partial charge in [0.15, 0.2) is 0 Å². The standard InChI is InChI=1S/C16H22N4O7/c1-19(8-6-12-5-3-4-7-17-12)16(25)27-11-26-15(24)18-9-13(21)20(2)10-14(22)23/h3-5,7H,6,8-11H2,1-2H3,(H,18,24)(H,22,23). The fourth-order valence-corrected chi connectivity index (χ4v) is 1.79. The lowest BCUT2D eigenvalue weighted by Crippen LogP contribution is -2.40. The Bertz CT molecular complexity index is 653. The molecule has 0 atom stereocenters. The van der Waals surface area contributed by atoms with Gasteiger partial charge in [-0.15, -0.1) is 0 Å². The van der Waals surface area contributed by atoms with E-state index in [1.807, 2.05) is 12.1 Å². The maximum absolute atomic E-state index is 11.8. The Morgan fingerprint density at radius 1 is 1.15 bits per heavy atom. The first-order valence-electron chi connectivity index (χ1n) is 7.93. The Hall–Kier alpha value is -3.37. The second kappa shape index (κ2) is 11.3. The summed E-state index contributed by atoms with van der Waals surface area (Å²) in [4.78, 5) is 51.6. The van der Waals surface area contributed by atoms with Crippen molar-refractivity contribution >= 4 is 24.1 Å². The maximum atomic E-state index is 11.8. The summed E-state index contributed by atoms with van der Waals surface area (Å²) in [6.07, 6.45) is 0.538. The van der Waals surface area contributed by atoms with Crippen molar-refractivity contribution in [3.63, 3.8) is 0 Å². The summed E-state index contributed by atoms with van der Waals surface area (Å²) in [6, 6.07) is 5.47. The number of carbonyl (C=O) groups is 4. The number of aromatic nitrogens is 1. The van der Waals surface area contributed by atoms with Crippen LogP contribution in [-0.2, 0) is 25.5 Å². The molecular weight excluding hydrogens is 360 g/mol. The van der Waals surface area contributed by atoms with Gasteiger partial charge in [-0.1, -0.05) is 6.07 Å². The van der Waals surface area contributed by atoms with Gasteiger partial charge in [-0.05, 0) is 12.1 Å². The molecule has 0 aromatic carbocycles. The van der Waals surface area contributed by atoms with Gasteiger partial charge in [0.2, 0.25) is 12.7 Å². The molecule has 11 heteroatoms.